The van der Waals surface area contributed by atoms with Gasteiger partial charge in [0.05, 0.1) is 0 Å². The fourth-order valence-electron chi connectivity index (χ4n) is 4.40. The zero-order valence-corrected chi connectivity index (χ0v) is 18.4. The Kier molecular flexibility index (Phi) is 7.52. The van der Waals surface area contributed by atoms with Crippen molar-refractivity contribution in [1.82, 2.24) is 0 Å². The first-order valence-corrected chi connectivity index (χ1v) is 11.3. The quantitative estimate of drug-likeness (QED) is 0.417. The molecule has 29 heavy (non-hydrogen) atoms. The number of hydrogen-bond donors (Lipinski definition) is 0. The standard InChI is InChI=1S/C27H36O2/c1-4-5-9-17-27(2,3)23-15-16-25(22-13-10-14-24(28)18-22)26(19-23)29-20-21-11-7-6-8-12-21/h6-8,11-12,15-16,19,22H,4-5,9-10,13-14,17-18,20H2,1-3H3. The van der Waals surface area contributed by atoms with Crippen molar-refractivity contribution in [3.63, 3.8) is 0 Å². The van der Waals surface area contributed by atoms with Gasteiger partial charge in [-0.15, -0.1) is 0 Å². The van der Waals surface area contributed by atoms with E-state index in [1.807, 2.05) is 18.2 Å². The maximum atomic E-state index is 12.1. The summed E-state index contributed by atoms with van der Waals surface area (Å²) in [6.45, 7) is 7.49. The zero-order valence-electron chi connectivity index (χ0n) is 18.4. The summed E-state index contributed by atoms with van der Waals surface area (Å²) in [4.78, 5) is 12.1. The summed E-state index contributed by atoms with van der Waals surface area (Å²) < 4.78 is 6.36. The minimum atomic E-state index is 0.126. The summed E-state index contributed by atoms with van der Waals surface area (Å²) in [5.41, 5.74) is 3.84. The summed E-state index contributed by atoms with van der Waals surface area (Å²) in [5, 5.41) is 0. The number of hydrogen-bond acceptors (Lipinski definition) is 2. The van der Waals surface area contributed by atoms with Crippen molar-refractivity contribution in [1.29, 1.82) is 0 Å². The molecule has 1 aliphatic carbocycles. The van der Waals surface area contributed by atoms with Gasteiger partial charge in [-0.05, 0) is 53.4 Å². The van der Waals surface area contributed by atoms with Crippen molar-refractivity contribution < 1.29 is 9.53 Å². The molecule has 0 spiro atoms. The summed E-state index contributed by atoms with van der Waals surface area (Å²) in [7, 11) is 0. The minimum Gasteiger partial charge on any atom is -0.489 e. The molecule has 2 nitrogen and oxygen atoms in total. The van der Waals surface area contributed by atoms with Crippen LogP contribution in [0.25, 0.3) is 0 Å². The molecule has 0 saturated heterocycles. The lowest BCUT2D eigenvalue weighted by atomic mass is 9.77. The number of carbonyl (C=O) groups excluding carboxylic acids is 1. The van der Waals surface area contributed by atoms with E-state index in [0.717, 1.165) is 25.0 Å². The van der Waals surface area contributed by atoms with Gasteiger partial charge in [0.2, 0.25) is 0 Å². The maximum absolute atomic E-state index is 12.1. The van der Waals surface area contributed by atoms with Gasteiger partial charge < -0.3 is 4.74 Å². The van der Waals surface area contributed by atoms with Gasteiger partial charge in [0, 0.05) is 12.8 Å². The molecule has 1 aliphatic rings. The van der Waals surface area contributed by atoms with E-state index < -0.39 is 0 Å². The Morgan fingerprint density at radius 1 is 1.07 bits per heavy atom. The van der Waals surface area contributed by atoms with Crippen LogP contribution < -0.4 is 4.74 Å². The molecule has 0 aromatic heterocycles. The van der Waals surface area contributed by atoms with Gasteiger partial charge in [-0.25, -0.2) is 0 Å². The lowest BCUT2D eigenvalue weighted by Crippen LogP contribution is -2.19. The van der Waals surface area contributed by atoms with Crippen molar-refractivity contribution in [2.75, 3.05) is 0 Å². The van der Waals surface area contributed by atoms with Crippen LogP contribution in [0.3, 0.4) is 0 Å². The number of rotatable bonds is 9. The van der Waals surface area contributed by atoms with Crippen LogP contribution in [-0.4, -0.2) is 5.78 Å². The third kappa shape index (κ3) is 5.95. The molecule has 0 N–H and O–H groups in total. The third-order valence-electron chi connectivity index (χ3n) is 6.36. The monoisotopic (exact) mass is 392 g/mol. The van der Waals surface area contributed by atoms with Crippen LogP contribution in [0.5, 0.6) is 5.75 Å². The molecule has 156 valence electrons. The molecule has 0 bridgehead atoms. The largest absolute Gasteiger partial charge is 0.489 e. The van der Waals surface area contributed by atoms with Crippen molar-refractivity contribution in [3.8, 4) is 5.75 Å². The molecule has 0 aliphatic heterocycles. The van der Waals surface area contributed by atoms with E-state index in [-0.39, 0.29) is 5.41 Å². The fourth-order valence-corrected chi connectivity index (χ4v) is 4.40. The Labute approximate surface area is 176 Å². The molecule has 0 amide bonds. The summed E-state index contributed by atoms with van der Waals surface area (Å²) in [6, 6.07) is 17.1. The lowest BCUT2D eigenvalue weighted by molar-refractivity contribution is -0.120. The molecule has 3 rings (SSSR count). The van der Waals surface area contributed by atoms with E-state index in [1.54, 1.807) is 0 Å². The van der Waals surface area contributed by atoms with E-state index in [2.05, 4.69) is 51.1 Å². The van der Waals surface area contributed by atoms with Crippen LogP contribution in [-0.2, 0) is 16.8 Å². The highest BCUT2D eigenvalue weighted by atomic mass is 16.5. The van der Waals surface area contributed by atoms with Gasteiger partial charge in [0.25, 0.3) is 0 Å². The molecule has 2 aromatic carbocycles. The molecule has 2 heteroatoms. The van der Waals surface area contributed by atoms with Crippen LogP contribution in [0.1, 0.15) is 94.7 Å². The van der Waals surface area contributed by atoms with Gasteiger partial charge in [-0.2, -0.15) is 0 Å². The van der Waals surface area contributed by atoms with Crippen LogP contribution in [0.4, 0.5) is 0 Å². The summed E-state index contributed by atoms with van der Waals surface area (Å²) in [5.74, 6) is 1.65. The average molecular weight is 393 g/mol. The highest BCUT2D eigenvalue weighted by molar-refractivity contribution is 5.80. The molecular formula is C27H36O2. The van der Waals surface area contributed by atoms with Gasteiger partial charge in [-0.1, -0.05) is 82.5 Å². The number of unbranched alkanes of at least 4 members (excludes halogenated alkanes) is 2. The van der Waals surface area contributed by atoms with E-state index in [0.29, 0.717) is 24.7 Å². The van der Waals surface area contributed by atoms with Crippen LogP contribution in [0.15, 0.2) is 48.5 Å². The summed E-state index contributed by atoms with van der Waals surface area (Å²) >= 11 is 0. The first-order chi connectivity index (χ1) is 14.0. The average Bonchev–Trinajstić information content (AvgIpc) is 2.73. The highest BCUT2D eigenvalue weighted by Crippen LogP contribution is 2.40. The molecule has 2 aromatic rings. The Morgan fingerprint density at radius 2 is 1.86 bits per heavy atom. The Hall–Kier alpha value is -2.09. The number of benzene rings is 2. The van der Waals surface area contributed by atoms with E-state index in [4.69, 9.17) is 4.74 Å². The van der Waals surface area contributed by atoms with Crippen LogP contribution in [0.2, 0.25) is 0 Å². The topological polar surface area (TPSA) is 26.3 Å². The molecule has 1 unspecified atom stereocenters. The van der Waals surface area contributed by atoms with Crippen LogP contribution >= 0.6 is 0 Å². The molecule has 0 radical (unpaired) electrons. The predicted molar refractivity (Wildman–Crippen MR) is 121 cm³/mol. The summed E-state index contributed by atoms with van der Waals surface area (Å²) in [6.07, 6.45) is 8.42. The van der Waals surface area contributed by atoms with Crippen LogP contribution in [0, 0.1) is 0 Å². The first-order valence-electron chi connectivity index (χ1n) is 11.3. The number of ketones is 1. The molecule has 1 fully saturated rings. The number of ether oxygens (including phenoxy) is 1. The van der Waals surface area contributed by atoms with Crippen molar-refractivity contribution in [2.45, 2.75) is 90.1 Å². The van der Waals surface area contributed by atoms with Crippen molar-refractivity contribution >= 4 is 5.78 Å². The Balaban J connectivity index is 1.85. The molecule has 1 saturated carbocycles. The van der Waals surface area contributed by atoms with Gasteiger partial charge >= 0.3 is 0 Å². The second-order valence-electron chi connectivity index (χ2n) is 9.20. The lowest BCUT2D eigenvalue weighted by Gasteiger charge is -2.29. The number of Topliss-reactive ketones (excluding diaryl/α,β-unsaturated/α-hetero) is 1. The second kappa shape index (κ2) is 10.1. The fraction of sp³-hybridized carbons (Fsp3) is 0.519. The molecule has 0 heterocycles. The SMILES string of the molecule is CCCCCC(C)(C)c1ccc(C2CCCC(=O)C2)c(OCc2ccccc2)c1. The van der Waals surface area contributed by atoms with E-state index in [9.17, 15) is 4.79 Å². The van der Waals surface area contributed by atoms with Gasteiger partial charge in [-0.3, -0.25) is 4.79 Å². The maximum Gasteiger partial charge on any atom is 0.133 e. The highest BCUT2D eigenvalue weighted by Gasteiger charge is 2.26. The van der Waals surface area contributed by atoms with Crippen molar-refractivity contribution in [2.24, 2.45) is 0 Å². The Morgan fingerprint density at radius 3 is 2.59 bits per heavy atom. The van der Waals surface area contributed by atoms with E-state index >= 15 is 0 Å². The van der Waals surface area contributed by atoms with Gasteiger partial charge in [0.1, 0.15) is 18.1 Å². The smallest absolute Gasteiger partial charge is 0.133 e. The normalized spacial score (nSPS) is 17.3. The third-order valence-corrected chi connectivity index (χ3v) is 6.36. The minimum absolute atomic E-state index is 0.126. The first kappa shape index (κ1) is 21.6. The van der Waals surface area contributed by atoms with E-state index in [1.165, 1.54) is 42.4 Å². The Bertz CT molecular complexity index is 791. The second-order valence-corrected chi connectivity index (χ2v) is 9.20. The van der Waals surface area contributed by atoms with Crippen molar-refractivity contribution in [3.05, 3.63) is 65.2 Å². The number of carbonyl (C=O) groups is 1. The molecule has 1 atom stereocenters. The predicted octanol–water partition coefficient (Wildman–Crippen LogP) is 7.35. The van der Waals surface area contributed by atoms with Gasteiger partial charge in [0.15, 0.2) is 0 Å². The molecular weight excluding hydrogens is 356 g/mol. The zero-order chi connectivity index (χ0) is 20.7.